The molecule has 1 atom stereocenters. The highest BCUT2D eigenvalue weighted by atomic mass is 16.5. The Morgan fingerprint density at radius 2 is 2.12 bits per heavy atom. The van der Waals surface area contributed by atoms with Crippen molar-refractivity contribution >= 4 is 0 Å². The van der Waals surface area contributed by atoms with E-state index in [4.69, 9.17) is 10.5 Å². The first-order chi connectivity index (χ1) is 7.53. The predicted octanol–water partition coefficient (Wildman–Crippen LogP) is 1.86. The van der Waals surface area contributed by atoms with Gasteiger partial charge in [-0.15, -0.1) is 0 Å². The average molecular weight is 228 g/mol. The Morgan fingerprint density at radius 3 is 2.75 bits per heavy atom. The summed E-state index contributed by atoms with van der Waals surface area (Å²) in [4.78, 5) is 2.52. The maximum absolute atomic E-state index is 5.62. The van der Waals surface area contributed by atoms with E-state index in [1.54, 1.807) is 0 Å². The smallest absolute Gasteiger partial charge is 0.0674 e. The lowest BCUT2D eigenvalue weighted by atomic mass is 9.84. The van der Waals surface area contributed by atoms with E-state index in [-0.39, 0.29) is 0 Å². The van der Waals surface area contributed by atoms with Gasteiger partial charge in [-0.3, -0.25) is 4.90 Å². The number of rotatable bonds is 6. The summed E-state index contributed by atoms with van der Waals surface area (Å²) in [6.45, 7) is 11.9. The molecule has 0 bridgehead atoms. The zero-order chi connectivity index (χ0) is 12.0. The summed E-state index contributed by atoms with van der Waals surface area (Å²) in [5, 5.41) is 0. The molecule has 1 unspecified atom stereocenters. The van der Waals surface area contributed by atoms with Crippen LogP contribution in [0.2, 0.25) is 0 Å². The van der Waals surface area contributed by atoms with Crippen molar-refractivity contribution in [2.75, 3.05) is 32.8 Å². The van der Waals surface area contributed by atoms with Gasteiger partial charge in [0.05, 0.1) is 12.7 Å². The molecule has 0 saturated carbocycles. The Kier molecular flexibility index (Phi) is 5.73. The molecule has 1 aliphatic rings. The van der Waals surface area contributed by atoms with Crippen LogP contribution in [0, 0.1) is 5.41 Å². The Hall–Kier alpha value is -0.120. The number of nitrogens with zero attached hydrogens (tertiary/aromatic N) is 1. The maximum Gasteiger partial charge on any atom is 0.0674 e. The molecule has 2 N–H and O–H groups in total. The van der Waals surface area contributed by atoms with Crippen molar-refractivity contribution in [3.63, 3.8) is 0 Å². The fraction of sp³-hybridized carbons (Fsp3) is 1.00. The zero-order valence-electron chi connectivity index (χ0n) is 11.2. The van der Waals surface area contributed by atoms with Gasteiger partial charge >= 0.3 is 0 Å². The summed E-state index contributed by atoms with van der Waals surface area (Å²) in [5.74, 6) is 0. The Labute approximate surface area is 100 Å². The Morgan fingerprint density at radius 1 is 1.38 bits per heavy atom. The Bertz CT molecular complexity index is 194. The number of hydrogen-bond donors (Lipinski definition) is 1. The van der Waals surface area contributed by atoms with Crippen LogP contribution in [-0.2, 0) is 4.74 Å². The molecule has 1 aliphatic heterocycles. The topological polar surface area (TPSA) is 38.5 Å². The van der Waals surface area contributed by atoms with Gasteiger partial charge in [0, 0.05) is 13.1 Å². The number of nitrogens with two attached hydrogens (primary N) is 1. The summed E-state index contributed by atoms with van der Waals surface area (Å²) in [7, 11) is 0. The van der Waals surface area contributed by atoms with E-state index in [9.17, 15) is 0 Å². The minimum atomic E-state index is 0.408. The third-order valence-electron chi connectivity index (χ3n) is 3.47. The first kappa shape index (κ1) is 13.9. The first-order valence-corrected chi connectivity index (χ1v) is 6.57. The average Bonchev–Trinajstić information content (AvgIpc) is 2.17. The number of morpholine rings is 1. The lowest BCUT2D eigenvalue weighted by molar-refractivity contribution is -0.0192. The molecule has 1 fully saturated rings. The van der Waals surface area contributed by atoms with Crippen LogP contribution >= 0.6 is 0 Å². The molecule has 0 aromatic heterocycles. The zero-order valence-corrected chi connectivity index (χ0v) is 11.2. The fourth-order valence-corrected chi connectivity index (χ4v) is 2.39. The quantitative estimate of drug-likeness (QED) is 0.754. The van der Waals surface area contributed by atoms with Crippen molar-refractivity contribution in [1.29, 1.82) is 0 Å². The number of hydrogen-bond acceptors (Lipinski definition) is 3. The lowest BCUT2D eigenvalue weighted by Crippen LogP contribution is -2.41. The van der Waals surface area contributed by atoms with Crippen LogP contribution in [-0.4, -0.2) is 43.8 Å². The molecule has 0 amide bonds. The van der Waals surface area contributed by atoms with E-state index in [2.05, 4.69) is 25.7 Å². The summed E-state index contributed by atoms with van der Waals surface area (Å²) >= 11 is 0. The summed E-state index contributed by atoms with van der Waals surface area (Å²) < 4.78 is 5.54. The molecule has 0 aromatic rings. The third-order valence-corrected chi connectivity index (χ3v) is 3.47. The molecule has 0 aromatic carbocycles. The van der Waals surface area contributed by atoms with Gasteiger partial charge in [0.2, 0.25) is 0 Å². The standard InChI is InChI=1S/C13H28N2O/c1-12-11-15(9-10-16-12)8-4-5-13(2,3)6-7-14/h12H,4-11,14H2,1-3H3. The van der Waals surface area contributed by atoms with Crippen molar-refractivity contribution in [3.05, 3.63) is 0 Å². The number of ether oxygens (including phenoxy) is 1. The molecule has 3 nitrogen and oxygen atoms in total. The second-order valence-corrected chi connectivity index (χ2v) is 5.79. The van der Waals surface area contributed by atoms with Gasteiger partial charge in [-0.1, -0.05) is 13.8 Å². The molecule has 1 saturated heterocycles. The first-order valence-electron chi connectivity index (χ1n) is 6.57. The summed E-state index contributed by atoms with van der Waals surface area (Å²) in [5.41, 5.74) is 6.03. The van der Waals surface area contributed by atoms with E-state index in [0.717, 1.165) is 32.7 Å². The lowest BCUT2D eigenvalue weighted by Gasteiger charge is -2.32. The summed E-state index contributed by atoms with van der Waals surface area (Å²) in [6.07, 6.45) is 4.09. The molecule has 1 heterocycles. The third kappa shape index (κ3) is 5.28. The van der Waals surface area contributed by atoms with Crippen molar-refractivity contribution in [2.45, 2.75) is 46.1 Å². The summed E-state index contributed by atoms with van der Waals surface area (Å²) in [6, 6.07) is 0. The predicted molar refractivity (Wildman–Crippen MR) is 68.5 cm³/mol. The van der Waals surface area contributed by atoms with Gasteiger partial charge < -0.3 is 10.5 Å². The van der Waals surface area contributed by atoms with Gasteiger partial charge in [-0.25, -0.2) is 0 Å². The van der Waals surface area contributed by atoms with Crippen LogP contribution in [0.15, 0.2) is 0 Å². The van der Waals surface area contributed by atoms with E-state index < -0.39 is 0 Å². The molecule has 0 spiro atoms. The van der Waals surface area contributed by atoms with E-state index in [0.29, 0.717) is 11.5 Å². The molecule has 1 rings (SSSR count). The minimum absolute atomic E-state index is 0.408. The van der Waals surface area contributed by atoms with Crippen molar-refractivity contribution < 1.29 is 4.74 Å². The molecular formula is C13H28N2O. The van der Waals surface area contributed by atoms with Crippen molar-refractivity contribution in [1.82, 2.24) is 4.90 Å². The van der Waals surface area contributed by atoms with Gasteiger partial charge in [-0.2, -0.15) is 0 Å². The second kappa shape index (κ2) is 6.58. The van der Waals surface area contributed by atoms with Crippen LogP contribution in [0.25, 0.3) is 0 Å². The monoisotopic (exact) mass is 228 g/mol. The van der Waals surface area contributed by atoms with Gasteiger partial charge in [0.25, 0.3) is 0 Å². The van der Waals surface area contributed by atoms with Crippen LogP contribution in [0.3, 0.4) is 0 Å². The Balaban J connectivity index is 2.14. The van der Waals surface area contributed by atoms with Crippen molar-refractivity contribution in [3.8, 4) is 0 Å². The second-order valence-electron chi connectivity index (χ2n) is 5.79. The molecule has 3 heteroatoms. The van der Waals surface area contributed by atoms with Gasteiger partial charge in [-0.05, 0) is 44.7 Å². The van der Waals surface area contributed by atoms with E-state index in [1.807, 2.05) is 0 Å². The highest BCUT2D eigenvalue weighted by Crippen LogP contribution is 2.26. The largest absolute Gasteiger partial charge is 0.376 e. The SMILES string of the molecule is CC1CN(CCCC(C)(C)CCN)CCO1. The van der Waals surface area contributed by atoms with Gasteiger partial charge in [0.1, 0.15) is 0 Å². The van der Waals surface area contributed by atoms with Crippen molar-refractivity contribution in [2.24, 2.45) is 11.1 Å². The highest BCUT2D eigenvalue weighted by molar-refractivity contribution is 4.72. The maximum atomic E-state index is 5.62. The van der Waals surface area contributed by atoms with Crippen LogP contribution in [0.4, 0.5) is 0 Å². The molecule has 96 valence electrons. The molecule has 16 heavy (non-hydrogen) atoms. The van der Waals surface area contributed by atoms with Crippen LogP contribution < -0.4 is 5.73 Å². The van der Waals surface area contributed by atoms with E-state index >= 15 is 0 Å². The molecular weight excluding hydrogens is 200 g/mol. The van der Waals surface area contributed by atoms with Gasteiger partial charge in [0.15, 0.2) is 0 Å². The van der Waals surface area contributed by atoms with Crippen LogP contribution in [0.5, 0.6) is 0 Å². The fourth-order valence-electron chi connectivity index (χ4n) is 2.39. The molecule has 0 radical (unpaired) electrons. The highest BCUT2D eigenvalue weighted by Gasteiger charge is 2.19. The van der Waals surface area contributed by atoms with Crippen LogP contribution in [0.1, 0.15) is 40.0 Å². The normalized spacial score (nSPS) is 23.6. The van der Waals surface area contributed by atoms with E-state index in [1.165, 1.54) is 19.4 Å². The molecule has 0 aliphatic carbocycles. The minimum Gasteiger partial charge on any atom is -0.376 e.